The molecular formula is C16H21Cl2NO. The van der Waals surface area contributed by atoms with Gasteiger partial charge in [-0.1, -0.05) is 44.0 Å². The zero-order valence-corrected chi connectivity index (χ0v) is 13.8. The normalized spacial score (nSPS) is 34.6. The molecule has 2 aliphatic rings. The Kier molecular flexibility index (Phi) is 3.55. The summed E-state index contributed by atoms with van der Waals surface area (Å²) in [7, 11) is 0. The minimum atomic E-state index is 0.267. The van der Waals surface area contributed by atoms with E-state index in [9.17, 15) is 0 Å². The number of pyridine rings is 1. The van der Waals surface area contributed by atoms with Crippen LogP contribution in [0, 0.1) is 16.7 Å². The van der Waals surface area contributed by atoms with Crippen molar-refractivity contribution >= 4 is 23.2 Å². The van der Waals surface area contributed by atoms with Crippen LogP contribution in [-0.4, -0.2) is 11.1 Å². The lowest BCUT2D eigenvalue weighted by Gasteiger charge is -2.38. The van der Waals surface area contributed by atoms with Gasteiger partial charge < -0.3 is 4.74 Å². The Morgan fingerprint density at radius 2 is 2.05 bits per heavy atom. The highest BCUT2D eigenvalue weighted by Crippen LogP contribution is 2.66. The summed E-state index contributed by atoms with van der Waals surface area (Å²) < 4.78 is 6.19. The molecule has 2 nitrogen and oxygen atoms in total. The van der Waals surface area contributed by atoms with E-state index < -0.39 is 0 Å². The van der Waals surface area contributed by atoms with E-state index in [1.807, 2.05) is 0 Å². The van der Waals surface area contributed by atoms with Crippen LogP contribution in [0.2, 0.25) is 10.2 Å². The van der Waals surface area contributed by atoms with Gasteiger partial charge in [0.1, 0.15) is 5.15 Å². The van der Waals surface area contributed by atoms with Gasteiger partial charge in [-0.05, 0) is 48.1 Å². The van der Waals surface area contributed by atoms with Gasteiger partial charge in [-0.25, -0.2) is 4.98 Å². The number of fused-ring (bicyclic) bond motifs is 2. The molecule has 0 aromatic carbocycles. The molecule has 0 spiro atoms. The molecule has 0 amide bonds. The number of hydrogen-bond donors (Lipinski definition) is 0. The van der Waals surface area contributed by atoms with Crippen molar-refractivity contribution in [2.75, 3.05) is 0 Å². The van der Waals surface area contributed by atoms with Crippen LogP contribution in [0.1, 0.15) is 45.7 Å². The Morgan fingerprint density at radius 1 is 1.30 bits per heavy atom. The molecular weight excluding hydrogens is 293 g/mol. The van der Waals surface area contributed by atoms with Crippen LogP contribution in [0.15, 0.2) is 12.1 Å². The quantitative estimate of drug-likeness (QED) is 0.722. The van der Waals surface area contributed by atoms with E-state index in [-0.39, 0.29) is 5.41 Å². The van der Waals surface area contributed by atoms with E-state index in [2.05, 4.69) is 25.8 Å². The predicted octanol–water partition coefficient (Wildman–Crippen LogP) is 5.12. The Hall–Kier alpha value is -0.310. The summed E-state index contributed by atoms with van der Waals surface area (Å²) in [4.78, 5) is 4.26. The smallest absolute Gasteiger partial charge is 0.129 e. The molecule has 3 unspecified atom stereocenters. The van der Waals surface area contributed by atoms with Crippen molar-refractivity contribution in [1.82, 2.24) is 4.98 Å². The van der Waals surface area contributed by atoms with Gasteiger partial charge in [0.2, 0.25) is 0 Å². The van der Waals surface area contributed by atoms with Crippen molar-refractivity contribution < 1.29 is 4.74 Å². The van der Waals surface area contributed by atoms with Crippen LogP contribution >= 0.6 is 23.2 Å². The molecule has 0 aliphatic heterocycles. The summed E-state index contributed by atoms with van der Waals surface area (Å²) in [6.45, 7) is 7.59. The predicted molar refractivity (Wildman–Crippen MR) is 82.1 cm³/mol. The molecule has 2 fully saturated rings. The second-order valence-corrected chi connectivity index (χ2v) is 7.77. The van der Waals surface area contributed by atoms with Crippen LogP contribution < -0.4 is 0 Å². The molecule has 0 radical (unpaired) electrons. The SMILES string of the molecule is CC1(C)C2CCC1(C)C(OCc1nc(Cl)ccc1Cl)C2. The van der Waals surface area contributed by atoms with Crippen LogP contribution in [0.5, 0.6) is 0 Å². The molecule has 3 rings (SSSR count). The van der Waals surface area contributed by atoms with Crippen molar-refractivity contribution in [1.29, 1.82) is 0 Å². The zero-order chi connectivity index (χ0) is 14.5. The zero-order valence-electron chi connectivity index (χ0n) is 12.2. The molecule has 1 aromatic heterocycles. The van der Waals surface area contributed by atoms with Crippen molar-refractivity contribution in [3.05, 3.63) is 28.0 Å². The molecule has 20 heavy (non-hydrogen) atoms. The van der Waals surface area contributed by atoms with Gasteiger partial charge in [0.15, 0.2) is 0 Å². The second-order valence-electron chi connectivity index (χ2n) is 6.97. The monoisotopic (exact) mass is 313 g/mol. The van der Waals surface area contributed by atoms with Crippen molar-refractivity contribution in [3.63, 3.8) is 0 Å². The number of halogens is 2. The molecule has 2 bridgehead atoms. The fourth-order valence-electron chi connectivity index (χ4n) is 4.12. The van der Waals surface area contributed by atoms with E-state index in [4.69, 9.17) is 27.9 Å². The minimum Gasteiger partial charge on any atom is -0.371 e. The third kappa shape index (κ3) is 2.08. The van der Waals surface area contributed by atoms with Crippen LogP contribution in [0.3, 0.4) is 0 Å². The van der Waals surface area contributed by atoms with Gasteiger partial charge in [0.05, 0.1) is 23.4 Å². The van der Waals surface area contributed by atoms with Crippen molar-refractivity contribution in [3.8, 4) is 0 Å². The van der Waals surface area contributed by atoms with Gasteiger partial charge in [-0.2, -0.15) is 0 Å². The maximum absolute atomic E-state index is 6.19. The van der Waals surface area contributed by atoms with Gasteiger partial charge >= 0.3 is 0 Å². The summed E-state index contributed by atoms with van der Waals surface area (Å²) >= 11 is 12.1. The van der Waals surface area contributed by atoms with E-state index in [1.165, 1.54) is 12.8 Å². The molecule has 2 aliphatic carbocycles. The molecule has 0 N–H and O–H groups in total. The first kappa shape index (κ1) is 14.6. The molecule has 2 saturated carbocycles. The third-order valence-corrected chi connectivity index (χ3v) is 6.57. The lowest BCUT2D eigenvalue weighted by atomic mass is 9.70. The van der Waals surface area contributed by atoms with Gasteiger partial charge in [-0.15, -0.1) is 0 Å². The molecule has 110 valence electrons. The minimum absolute atomic E-state index is 0.267. The maximum Gasteiger partial charge on any atom is 0.129 e. The first-order valence-corrected chi connectivity index (χ1v) is 8.03. The summed E-state index contributed by atoms with van der Waals surface area (Å²) in [6.07, 6.45) is 4.04. The largest absolute Gasteiger partial charge is 0.371 e. The number of hydrogen-bond acceptors (Lipinski definition) is 2. The number of ether oxygens (including phenoxy) is 1. The van der Waals surface area contributed by atoms with E-state index in [1.54, 1.807) is 12.1 Å². The number of aromatic nitrogens is 1. The second kappa shape index (κ2) is 4.86. The van der Waals surface area contributed by atoms with Crippen LogP contribution in [0.25, 0.3) is 0 Å². The highest BCUT2D eigenvalue weighted by Gasteiger charge is 2.61. The Balaban J connectivity index is 1.73. The van der Waals surface area contributed by atoms with Crippen LogP contribution in [-0.2, 0) is 11.3 Å². The molecule has 1 heterocycles. The molecule has 3 atom stereocenters. The van der Waals surface area contributed by atoms with E-state index in [0.717, 1.165) is 18.0 Å². The van der Waals surface area contributed by atoms with Crippen molar-refractivity contribution in [2.45, 2.75) is 52.7 Å². The average Bonchev–Trinajstić information content (AvgIpc) is 2.72. The van der Waals surface area contributed by atoms with Gasteiger partial charge in [0, 0.05) is 0 Å². The highest BCUT2D eigenvalue weighted by molar-refractivity contribution is 6.32. The lowest BCUT2D eigenvalue weighted by molar-refractivity contribution is -0.0559. The lowest BCUT2D eigenvalue weighted by Crippen LogP contribution is -2.37. The van der Waals surface area contributed by atoms with Gasteiger partial charge in [-0.3, -0.25) is 0 Å². The van der Waals surface area contributed by atoms with Crippen LogP contribution in [0.4, 0.5) is 0 Å². The first-order valence-electron chi connectivity index (χ1n) is 7.27. The van der Waals surface area contributed by atoms with Crippen molar-refractivity contribution in [2.24, 2.45) is 16.7 Å². The summed E-state index contributed by atoms with van der Waals surface area (Å²) in [6, 6.07) is 3.48. The fourth-order valence-corrected chi connectivity index (χ4v) is 4.45. The van der Waals surface area contributed by atoms with E-state index in [0.29, 0.717) is 28.3 Å². The topological polar surface area (TPSA) is 22.1 Å². The maximum atomic E-state index is 6.19. The third-order valence-electron chi connectivity index (χ3n) is 6.02. The molecule has 4 heteroatoms. The fraction of sp³-hybridized carbons (Fsp3) is 0.688. The summed E-state index contributed by atoms with van der Waals surface area (Å²) in [5.74, 6) is 0.778. The average molecular weight is 314 g/mol. The summed E-state index contributed by atoms with van der Waals surface area (Å²) in [5.41, 5.74) is 1.37. The molecule has 0 saturated heterocycles. The number of rotatable bonds is 3. The molecule has 1 aromatic rings. The highest BCUT2D eigenvalue weighted by atomic mass is 35.5. The Morgan fingerprint density at radius 3 is 2.65 bits per heavy atom. The Bertz CT molecular complexity index is 531. The first-order chi connectivity index (χ1) is 9.34. The standard InChI is InChI=1S/C16H21Cl2NO/c1-15(2)10-6-7-16(15,3)13(8-10)20-9-12-11(17)4-5-14(18)19-12/h4-5,10,13H,6-9H2,1-3H3. The Labute approximate surface area is 130 Å². The van der Waals surface area contributed by atoms with Gasteiger partial charge in [0.25, 0.3) is 0 Å². The van der Waals surface area contributed by atoms with E-state index >= 15 is 0 Å². The summed E-state index contributed by atoms with van der Waals surface area (Å²) in [5, 5.41) is 1.09. The number of nitrogens with zero attached hydrogens (tertiary/aromatic N) is 1.